The summed E-state index contributed by atoms with van der Waals surface area (Å²) < 4.78 is 0. The van der Waals surface area contributed by atoms with Crippen LogP contribution in [0.15, 0.2) is 78.9 Å². The van der Waals surface area contributed by atoms with Crippen molar-refractivity contribution < 1.29 is 14.7 Å². The number of alkyl halides is 1. The zero-order valence-electron chi connectivity index (χ0n) is 21.2. The smallest absolute Gasteiger partial charge is 0.274 e. The van der Waals surface area contributed by atoms with E-state index in [-0.39, 0.29) is 23.5 Å². The lowest BCUT2D eigenvalue weighted by molar-refractivity contribution is 0.0983. The molecule has 4 aromatic carbocycles. The number of carbonyl (C=O) groups is 2. The third-order valence-electron chi connectivity index (χ3n) is 7.57. The lowest BCUT2D eigenvalue weighted by Crippen LogP contribution is -2.30. The second kappa shape index (κ2) is 9.07. The van der Waals surface area contributed by atoms with Gasteiger partial charge in [-0.05, 0) is 59.5 Å². The molecule has 6 N–H and O–H groups in total. The number of fused-ring (bicyclic) bond motifs is 5. The minimum Gasteiger partial charge on any atom is -0.507 e. The van der Waals surface area contributed by atoms with E-state index < -0.39 is 0 Å². The summed E-state index contributed by atoms with van der Waals surface area (Å²) in [4.78, 5) is 34.6. The Morgan fingerprint density at radius 2 is 1.62 bits per heavy atom. The predicted octanol–water partition coefficient (Wildman–Crippen LogP) is 6.33. The van der Waals surface area contributed by atoms with Crippen LogP contribution in [0.3, 0.4) is 0 Å². The summed E-state index contributed by atoms with van der Waals surface area (Å²) in [7, 11) is 0. The molecule has 1 aliphatic rings. The number of aromatic nitrogens is 2. The number of aromatic amines is 2. The molecular formula is C31H24ClN5O3. The number of benzene rings is 4. The molecule has 1 atom stereocenters. The molecule has 40 heavy (non-hydrogen) atoms. The third-order valence-corrected chi connectivity index (χ3v) is 7.95. The highest BCUT2D eigenvalue weighted by Gasteiger charge is 2.35. The number of halogens is 1. The molecule has 0 saturated heterocycles. The number of carbonyl (C=O) groups excluding carboxylic acids is 2. The molecule has 2 aromatic heterocycles. The number of hydrogen-bond donors (Lipinski definition) is 5. The summed E-state index contributed by atoms with van der Waals surface area (Å²) in [5.74, 6) is -0.0851. The molecule has 0 radical (unpaired) electrons. The van der Waals surface area contributed by atoms with E-state index in [0.717, 1.165) is 38.1 Å². The number of nitrogen functional groups attached to an aromatic ring is 1. The minimum absolute atomic E-state index is 0.0570. The van der Waals surface area contributed by atoms with Gasteiger partial charge in [-0.25, -0.2) is 0 Å². The number of amides is 2. The van der Waals surface area contributed by atoms with Gasteiger partial charge in [0.1, 0.15) is 17.1 Å². The first kappa shape index (κ1) is 24.1. The zero-order valence-corrected chi connectivity index (χ0v) is 21.9. The van der Waals surface area contributed by atoms with Crippen LogP contribution in [0.25, 0.3) is 32.6 Å². The lowest BCUT2D eigenvalue weighted by atomic mass is 9.95. The molecule has 1 aliphatic heterocycles. The maximum Gasteiger partial charge on any atom is 0.274 e. The molecule has 0 spiro atoms. The fourth-order valence-corrected chi connectivity index (χ4v) is 5.94. The van der Waals surface area contributed by atoms with Crippen molar-refractivity contribution >= 4 is 73.1 Å². The standard InChI is InChI=1S/C31H24ClN5O3/c32-14-18-15-37(27-13-28(38)21-3-1-2-4-22(21)29(18)27)31(40)26-12-17-10-20(6-8-24(17)36-26)34-30(39)25-11-16-9-19(33)5-7-23(16)35-25/h1-13,18,35-36,38H,14-15,33H2,(H,34,39)/t18-/m1/s1. The van der Waals surface area contributed by atoms with Crippen molar-refractivity contribution in [2.24, 2.45) is 0 Å². The Bertz CT molecular complexity index is 1990. The van der Waals surface area contributed by atoms with Crippen LogP contribution in [0.1, 0.15) is 32.5 Å². The number of nitrogens with one attached hydrogen (secondary N) is 3. The largest absolute Gasteiger partial charge is 0.507 e. The van der Waals surface area contributed by atoms with E-state index in [1.54, 1.807) is 35.2 Å². The molecule has 0 fully saturated rings. The van der Waals surface area contributed by atoms with Crippen LogP contribution in [0.4, 0.5) is 17.1 Å². The van der Waals surface area contributed by atoms with Crippen molar-refractivity contribution in [3.05, 3.63) is 95.8 Å². The molecule has 0 aliphatic carbocycles. The van der Waals surface area contributed by atoms with E-state index in [1.807, 2.05) is 48.5 Å². The molecular weight excluding hydrogens is 526 g/mol. The average molecular weight is 550 g/mol. The molecule has 0 unspecified atom stereocenters. The van der Waals surface area contributed by atoms with Gasteiger partial charge in [0.05, 0.1) is 5.69 Å². The number of H-pyrrole nitrogens is 2. The van der Waals surface area contributed by atoms with Gasteiger partial charge in [-0.1, -0.05) is 24.3 Å². The van der Waals surface area contributed by atoms with Crippen molar-refractivity contribution in [1.29, 1.82) is 0 Å². The Hall–Kier alpha value is -4.95. The van der Waals surface area contributed by atoms with Gasteiger partial charge < -0.3 is 31.0 Å². The van der Waals surface area contributed by atoms with Gasteiger partial charge in [0.15, 0.2) is 0 Å². The summed E-state index contributed by atoms with van der Waals surface area (Å²) >= 11 is 6.34. The van der Waals surface area contributed by atoms with Crippen LogP contribution in [0, 0.1) is 0 Å². The first-order chi connectivity index (χ1) is 19.4. The maximum atomic E-state index is 13.7. The Morgan fingerprint density at radius 1 is 0.925 bits per heavy atom. The van der Waals surface area contributed by atoms with Crippen LogP contribution in [0.5, 0.6) is 5.75 Å². The molecule has 6 aromatic rings. The first-order valence-corrected chi connectivity index (χ1v) is 13.4. The van der Waals surface area contributed by atoms with Gasteiger partial charge >= 0.3 is 0 Å². The van der Waals surface area contributed by atoms with Crippen LogP contribution in [-0.2, 0) is 0 Å². The number of phenols is 1. The summed E-state index contributed by atoms with van der Waals surface area (Å²) in [5.41, 5.74) is 11.1. The number of phenolic OH excluding ortho intramolecular Hbond substituents is 1. The monoisotopic (exact) mass is 549 g/mol. The quantitative estimate of drug-likeness (QED) is 0.130. The predicted molar refractivity (Wildman–Crippen MR) is 160 cm³/mol. The first-order valence-electron chi connectivity index (χ1n) is 12.8. The van der Waals surface area contributed by atoms with Crippen molar-refractivity contribution in [3.63, 3.8) is 0 Å². The highest BCUT2D eigenvalue weighted by molar-refractivity contribution is 6.19. The van der Waals surface area contributed by atoms with Gasteiger partial charge in [0.2, 0.25) is 0 Å². The summed E-state index contributed by atoms with van der Waals surface area (Å²) in [5, 5.41) is 16.9. The number of nitrogens with two attached hydrogens (primary N) is 1. The molecule has 0 bridgehead atoms. The van der Waals surface area contributed by atoms with Crippen LogP contribution < -0.4 is 16.0 Å². The van der Waals surface area contributed by atoms with Gasteiger partial charge in [0.25, 0.3) is 11.8 Å². The lowest BCUT2D eigenvalue weighted by Gasteiger charge is -2.17. The second-order valence-corrected chi connectivity index (χ2v) is 10.4. The Balaban J connectivity index is 1.18. The van der Waals surface area contributed by atoms with Gasteiger partial charge in [-0.15, -0.1) is 11.6 Å². The van der Waals surface area contributed by atoms with E-state index in [1.165, 1.54) is 0 Å². The molecule has 0 saturated carbocycles. The summed E-state index contributed by atoms with van der Waals surface area (Å²) in [6.07, 6.45) is 0. The SMILES string of the molecule is Nc1ccc2[nH]c(C(=O)Nc3ccc4[nH]c(C(=O)N5C[C@@H](CCl)c6c5cc(O)c5ccccc65)cc4c3)cc2c1. The maximum absolute atomic E-state index is 13.7. The van der Waals surface area contributed by atoms with Crippen molar-refractivity contribution in [1.82, 2.24) is 9.97 Å². The van der Waals surface area contributed by atoms with E-state index in [4.69, 9.17) is 17.3 Å². The summed E-state index contributed by atoms with van der Waals surface area (Å²) in [6, 6.07) is 23.6. The average Bonchev–Trinajstić information content (AvgIpc) is 3.67. The Kier molecular flexibility index (Phi) is 5.47. The minimum atomic E-state index is -0.284. The molecule has 198 valence electrons. The highest BCUT2D eigenvalue weighted by Crippen LogP contribution is 2.45. The van der Waals surface area contributed by atoms with E-state index in [0.29, 0.717) is 40.9 Å². The number of rotatable bonds is 4. The van der Waals surface area contributed by atoms with Gasteiger partial charge in [0, 0.05) is 63.0 Å². The number of anilines is 3. The molecule has 7 rings (SSSR count). The number of nitrogens with zero attached hydrogens (tertiary/aromatic N) is 1. The number of hydrogen-bond acceptors (Lipinski definition) is 4. The van der Waals surface area contributed by atoms with Gasteiger partial charge in [-0.2, -0.15) is 0 Å². The van der Waals surface area contributed by atoms with Crippen molar-refractivity contribution in [2.75, 3.05) is 28.4 Å². The van der Waals surface area contributed by atoms with Crippen LogP contribution in [0.2, 0.25) is 0 Å². The number of aromatic hydroxyl groups is 1. The fraction of sp³-hybridized carbons (Fsp3) is 0.0968. The zero-order chi connectivity index (χ0) is 27.5. The van der Waals surface area contributed by atoms with Gasteiger partial charge in [-0.3, -0.25) is 9.59 Å². The van der Waals surface area contributed by atoms with E-state index >= 15 is 0 Å². The van der Waals surface area contributed by atoms with E-state index in [2.05, 4.69) is 15.3 Å². The molecule has 2 amide bonds. The Morgan fingerprint density at radius 3 is 2.42 bits per heavy atom. The second-order valence-electron chi connectivity index (χ2n) is 10.1. The fourth-order valence-electron chi connectivity index (χ4n) is 5.69. The topological polar surface area (TPSA) is 127 Å². The highest BCUT2D eigenvalue weighted by atomic mass is 35.5. The van der Waals surface area contributed by atoms with Crippen LogP contribution in [-0.4, -0.2) is 39.3 Å². The third kappa shape index (κ3) is 3.84. The summed E-state index contributed by atoms with van der Waals surface area (Å²) in [6.45, 7) is 0.415. The normalized spacial score (nSPS) is 14.7. The van der Waals surface area contributed by atoms with E-state index in [9.17, 15) is 14.7 Å². The molecule has 8 nitrogen and oxygen atoms in total. The molecule has 9 heteroatoms. The van der Waals surface area contributed by atoms with Crippen molar-refractivity contribution in [2.45, 2.75) is 5.92 Å². The Labute approximate surface area is 233 Å². The van der Waals surface area contributed by atoms with Crippen molar-refractivity contribution in [3.8, 4) is 5.75 Å². The molecule has 3 heterocycles. The van der Waals surface area contributed by atoms with Crippen LogP contribution >= 0.6 is 11.6 Å².